The number of carbonyl (C=O) groups excluding carboxylic acids is 1. The molecule has 3 aliphatic rings. The lowest BCUT2D eigenvalue weighted by molar-refractivity contribution is -0.139. The molecule has 1 aromatic carbocycles. The second-order valence-electron chi connectivity index (χ2n) is 8.29. The molecule has 3 saturated heterocycles. The minimum atomic E-state index is 0. The summed E-state index contributed by atoms with van der Waals surface area (Å²) in [6.07, 6.45) is 5.73. The smallest absolute Gasteiger partial charge is 0.225 e. The molecule has 0 unspecified atom stereocenters. The lowest BCUT2D eigenvalue weighted by Crippen LogP contribution is -2.48. The number of nitrogens with zero attached hydrogens (tertiary/aromatic N) is 2. The molecule has 27 heavy (non-hydrogen) atoms. The molecule has 0 aromatic heterocycles. The van der Waals surface area contributed by atoms with Gasteiger partial charge in [0.1, 0.15) is 0 Å². The van der Waals surface area contributed by atoms with Gasteiger partial charge in [-0.3, -0.25) is 9.69 Å². The first kappa shape index (κ1) is 22.5. The standard InChI is InChI=1S/C21H31N3O.2ClH/c25-20(24-14-9-21(10-15-24)8-11-22-17-21)19-6-12-23(13-7-19)16-18-4-2-1-3-5-18;;/h1-5,19,22H,6-17H2;2*1H. The molecule has 3 heterocycles. The highest BCUT2D eigenvalue weighted by atomic mass is 35.5. The molecule has 0 saturated carbocycles. The van der Waals surface area contributed by atoms with Gasteiger partial charge in [-0.15, -0.1) is 24.8 Å². The van der Waals surface area contributed by atoms with Crippen molar-refractivity contribution in [2.75, 3.05) is 39.3 Å². The Morgan fingerprint density at radius 1 is 1.00 bits per heavy atom. The van der Waals surface area contributed by atoms with Crippen LogP contribution >= 0.6 is 24.8 Å². The lowest BCUT2D eigenvalue weighted by atomic mass is 9.77. The number of benzene rings is 1. The van der Waals surface area contributed by atoms with Gasteiger partial charge >= 0.3 is 0 Å². The van der Waals surface area contributed by atoms with E-state index in [4.69, 9.17) is 0 Å². The van der Waals surface area contributed by atoms with Crippen LogP contribution in [-0.2, 0) is 11.3 Å². The normalized spacial score (nSPS) is 22.9. The van der Waals surface area contributed by atoms with Gasteiger partial charge < -0.3 is 10.2 Å². The van der Waals surface area contributed by atoms with Crippen molar-refractivity contribution < 1.29 is 4.79 Å². The number of likely N-dealkylation sites (tertiary alicyclic amines) is 2. The Morgan fingerprint density at radius 3 is 2.26 bits per heavy atom. The number of carbonyl (C=O) groups is 1. The van der Waals surface area contributed by atoms with Crippen molar-refractivity contribution in [3.63, 3.8) is 0 Å². The number of halogens is 2. The van der Waals surface area contributed by atoms with Crippen molar-refractivity contribution in [2.45, 2.75) is 38.6 Å². The van der Waals surface area contributed by atoms with E-state index in [1.807, 2.05) is 0 Å². The highest BCUT2D eigenvalue weighted by molar-refractivity contribution is 5.85. The Labute approximate surface area is 175 Å². The molecule has 1 amide bonds. The Morgan fingerprint density at radius 2 is 1.67 bits per heavy atom. The number of rotatable bonds is 3. The average Bonchev–Trinajstić information content (AvgIpc) is 3.11. The predicted molar refractivity (Wildman–Crippen MR) is 115 cm³/mol. The molecule has 1 N–H and O–H groups in total. The van der Waals surface area contributed by atoms with Crippen LogP contribution in [0.4, 0.5) is 0 Å². The molecule has 4 rings (SSSR count). The molecule has 1 spiro atoms. The van der Waals surface area contributed by atoms with E-state index >= 15 is 0 Å². The fourth-order valence-corrected chi connectivity index (χ4v) is 4.86. The summed E-state index contributed by atoms with van der Waals surface area (Å²) in [4.78, 5) is 17.6. The topological polar surface area (TPSA) is 35.6 Å². The summed E-state index contributed by atoms with van der Waals surface area (Å²) in [6.45, 7) is 7.39. The summed E-state index contributed by atoms with van der Waals surface area (Å²) in [7, 11) is 0. The number of piperidine rings is 2. The van der Waals surface area contributed by atoms with Crippen molar-refractivity contribution >= 4 is 30.7 Å². The predicted octanol–water partition coefficient (Wildman–Crippen LogP) is 3.34. The van der Waals surface area contributed by atoms with Crippen molar-refractivity contribution in [3.05, 3.63) is 35.9 Å². The van der Waals surface area contributed by atoms with Gasteiger partial charge in [-0.1, -0.05) is 30.3 Å². The molecular weight excluding hydrogens is 381 g/mol. The maximum absolute atomic E-state index is 12.9. The van der Waals surface area contributed by atoms with E-state index in [0.717, 1.165) is 58.7 Å². The Kier molecular flexibility index (Phi) is 8.41. The summed E-state index contributed by atoms with van der Waals surface area (Å²) >= 11 is 0. The fourth-order valence-electron chi connectivity index (χ4n) is 4.86. The third-order valence-electron chi connectivity index (χ3n) is 6.65. The van der Waals surface area contributed by atoms with E-state index in [9.17, 15) is 4.79 Å². The summed E-state index contributed by atoms with van der Waals surface area (Å²) in [5, 5.41) is 3.51. The van der Waals surface area contributed by atoms with E-state index in [1.54, 1.807) is 0 Å². The van der Waals surface area contributed by atoms with Crippen LogP contribution in [0.15, 0.2) is 30.3 Å². The first-order valence-electron chi connectivity index (χ1n) is 10.00. The van der Waals surface area contributed by atoms with E-state index in [1.165, 1.54) is 24.8 Å². The van der Waals surface area contributed by atoms with Crippen LogP contribution in [-0.4, -0.2) is 55.0 Å². The maximum atomic E-state index is 12.9. The monoisotopic (exact) mass is 413 g/mol. The van der Waals surface area contributed by atoms with Gasteiger partial charge in [-0.25, -0.2) is 0 Å². The van der Waals surface area contributed by atoms with Crippen LogP contribution in [0.2, 0.25) is 0 Å². The molecule has 3 fully saturated rings. The van der Waals surface area contributed by atoms with Crippen molar-refractivity contribution in [1.82, 2.24) is 15.1 Å². The highest BCUT2D eigenvalue weighted by Gasteiger charge is 2.39. The summed E-state index contributed by atoms with van der Waals surface area (Å²) in [5.41, 5.74) is 1.87. The van der Waals surface area contributed by atoms with Crippen LogP contribution in [0, 0.1) is 11.3 Å². The second-order valence-corrected chi connectivity index (χ2v) is 8.29. The van der Waals surface area contributed by atoms with Crippen LogP contribution in [0.5, 0.6) is 0 Å². The van der Waals surface area contributed by atoms with Crippen LogP contribution in [0.25, 0.3) is 0 Å². The van der Waals surface area contributed by atoms with E-state index in [0.29, 0.717) is 11.3 Å². The molecule has 0 radical (unpaired) electrons. The number of amides is 1. The second kappa shape index (κ2) is 10.1. The van der Waals surface area contributed by atoms with Crippen molar-refractivity contribution in [3.8, 4) is 0 Å². The third-order valence-corrected chi connectivity index (χ3v) is 6.65. The molecule has 152 valence electrons. The fraction of sp³-hybridized carbons (Fsp3) is 0.667. The van der Waals surface area contributed by atoms with Crippen molar-refractivity contribution in [2.24, 2.45) is 11.3 Å². The molecule has 3 aliphatic heterocycles. The summed E-state index contributed by atoms with van der Waals surface area (Å²) in [5.74, 6) is 0.683. The first-order chi connectivity index (χ1) is 12.2. The zero-order chi connectivity index (χ0) is 17.1. The minimum absolute atomic E-state index is 0. The minimum Gasteiger partial charge on any atom is -0.342 e. The van der Waals surface area contributed by atoms with Gasteiger partial charge in [0, 0.05) is 32.1 Å². The quantitative estimate of drug-likeness (QED) is 0.824. The average molecular weight is 414 g/mol. The molecule has 0 bridgehead atoms. The van der Waals surface area contributed by atoms with E-state index in [2.05, 4.69) is 45.4 Å². The Balaban J connectivity index is 0.00000131. The molecule has 0 atom stereocenters. The van der Waals surface area contributed by atoms with Crippen LogP contribution in [0.1, 0.15) is 37.7 Å². The van der Waals surface area contributed by atoms with Gasteiger partial charge in [-0.05, 0) is 62.7 Å². The molecule has 1 aromatic rings. The molecule has 4 nitrogen and oxygen atoms in total. The van der Waals surface area contributed by atoms with Crippen LogP contribution < -0.4 is 5.32 Å². The van der Waals surface area contributed by atoms with Gasteiger partial charge in [0.2, 0.25) is 5.91 Å². The molecule has 0 aliphatic carbocycles. The Hall–Kier alpha value is -0.810. The maximum Gasteiger partial charge on any atom is 0.225 e. The SMILES string of the molecule is Cl.Cl.O=C(C1CCN(Cc2ccccc2)CC1)N1CCC2(CCNC2)CC1. The first-order valence-corrected chi connectivity index (χ1v) is 10.00. The number of hydrogen-bond donors (Lipinski definition) is 1. The van der Waals surface area contributed by atoms with Gasteiger partial charge in [0.05, 0.1) is 0 Å². The number of nitrogens with one attached hydrogen (secondary N) is 1. The summed E-state index contributed by atoms with van der Waals surface area (Å²) in [6, 6.07) is 10.7. The highest BCUT2D eigenvalue weighted by Crippen LogP contribution is 2.37. The van der Waals surface area contributed by atoms with Gasteiger partial charge in [-0.2, -0.15) is 0 Å². The van der Waals surface area contributed by atoms with Crippen molar-refractivity contribution in [1.29, 1.82) is 0 Å². The largest absolute Gasteiger partial charge is 0.342 e. The number of hydrogen-bond acceptors (Lipinski definition) is 3. The van der Waals surface area contributed by atoms with Crippen LogP contribution in [0.3, 0.4) is 0 Å². The molecule has 6 heteroatoms. The summed E-state index contributed by atoms with van der Waals surface area (Å²) < 4.78 is 0. The van der Waals surface area contributed by atoms with Gasteiger partial charge in [0.25, 0.3) is 0 Å². The van der Waals surface area contributed by atoms with E-state index < -0.39 is 0 Å². The van der Waals surface area contributed by atoms with E-state index in [-0.39, 0.29) is 30.7 Å². The van der Waals surface area contributed by atoms with Gasteiger partial charge in [0.15, 0.2) is 0 Å². The third kappa shape index (κ3) is 5.38. The zero-order valence-electron chi connectivity index (χ0n) is 16.1. The Bertz CT molecular complexity index is 574. The zero-order valence-corrected chi connectivity index (χ0v) is 17.7. The molecular formula is C21H33Cl2N3O. The lowest BCUT2D eigenvalue weighted by Gasteiger charge is -2.41.